The highest BCUT2D eigenvalue weighted by Gasteiger charge is 2.03. The molecule has 0 saturated carbocycles. The number of oxazole rings is 1. The quantitative estimate of drug-likeness (QED) is 0.559. The van der Waals surface area contributed by atoms with Crippen LogP contribution in [-0.2, 0) is 0 Å². The van der Waals surface area contributed by atoms with Gasteiger partial charge in [0.1, 0.15) is 5.52 Å². The lowest BCUT2D eigenvalue weighted by Gasteiger charge is -2.03. The second kappa shape index (κ2) is 6.82. The van der Waals surface area contributed by atoms with Crippen molar-refractivity contribution in [3.8, 4) is 0 Å². The number of carbonyl (C=O) groups excluding carboxylic acids is 1. The summed E-state index contributed by atoms with van der Waals surface area (Å²) in [5.41, 5.74) is 7.46. The normalized spacial score (nSPS) is 10.9. The highest BCUT2D eigenvalue weighted by molar-refractivity contribution is 8.01. The van der Waals surface area contributed by atoms with Crippen LogP contribution in [0.25, 0.3) is 11.1 Å². The summed E-state index contributed by atoms with van der Waals surface area (Å²) in [4.78, 5) is 16.1. The Kier molecular flexibility index (Phi) is 4.41. The zero-order valence-corrected chi connectivity index (χ0v) is 12.3. The maximum Gasteiger partial charge on any atom is 0.269 e. The molecule has 110 valence electrons. The fourth-order valence-electron chi connectivity index (χ4n) is 1.80. The number of hydrazine groups is 1. The third kappa shape index (κ3) is 3.48. The molecule has 2 N–H and O–H groups in total. The SMILES string of the molecule is O=C(NN/C=C/Sc1nc2ccccc2o1)c1ccccc1. The first-order valence-corrected chi connectivity index (χ1v) is 7.49. The molecule has 3 rings (SSSR count). The Morgan fingerprint density at radius 1 is 1.09 bits per heavy atom. The van der Waals surface area contributed by atoms with Gasteiger partial charge in [-0.05, 0) is 41.4 Å². The smallest absolute Gasteiger partial charge is 0.269 e. The van der Waals surface area contributed by atoms with Crippen LogP contribution in [0.1, 0.15) is 10.4 Å². The number of para-hydroxylation sites is 2. The molecule has 1 amide bonds. The molecule has 0 unspecified atom stereocenters. The molecule has 0 bridgehead atoms. The van der Waals surface area contributed by atoms with E-state index in [1.54, 1.807) is 23.7 Å². The van der Waals surface area contributed by atoms with Gasteiger partial charge in [-0.25, -0.2) is 4.98 Å². The predicted molar refractivity (Wildman–Crippen MR) is 86.0 cm³/mol. The third-order valence-electron chi connectivity index (χ3n) is 2.82. The number of nitrogens with one attached hydrogen (secondary N) is 2. The Morgan fingerprint density at radius 3 is 2.68 bits per heavy atom. The van der Waals surface area contributed by atoms with E-state index in [0.29, 0.717) is 10.8 Å². The molecule has 0 atom stereocenters. The minimum absolute atomic E-state index is 0.197. The lowest BCUT2D eigenvalue weighted by Crippen LogP contribution is -2.33. The molecule has 3 aromatic rings. The van der Waals surface area contributed by atoms with Crippen LogP contribution in [0.3, 0.4) is 0 Å². The van der Waals surface area contributed by atoms with Crippen molar-refractivity contribution in [1.29, 1.82) is 0 Å². The highest BCUT2D eigenvalue weighted by atomic mass is 32.2. The number of aromatic nitrogens is 1. The second-order valence-corrected chi connectivity index (χ2v) is 5.19. The zero-order chi connectivity index (χ0) is 15.2. The molecule has 1 aromatic heterocycles. The van der Waals surface area contributed by atoms with E-state index in [2.05, 4.69) is 15.8 Å². The maximum absolute atomic E-state index is 11.8. The lowest BCUT2D eigenvalue weighted by atomic mass is 10.2. The van der Waals surface area contributed by atoms with Crippen LogP contribution in [-0.4, -0.2) is 10.9 Å². The van der Waals surface area contributed by atoms with Gasteiger partial charge in [0.15, 0.2) is 5.58 Å². The Morgan fingerprint density at radius 2 is 1.86 bits per heavy atom. The van der Waals surface area contributed by atoms with Gasteiger partial charge in [-0.2, -0.15) is 0 Å². The molecule has 0 saturated heterocycles. The number of thioether (sulfide) groups is 1. The average molecular weight is 311 g/mol. The Hall–Kier alpha value is -2.73. The molecule has 0 aliphatic carbocycles. The van der Waals surface area contributed by atoms with Crippen molar-refractivity contribution in [3.63, 3.8) is 0 Å². The molecule has 0 aliphatic heterocycles. The Labute approximate surface area is 131 Å². The number of hydrogen-bond acceptors (Lipinski definition) is 5. The van der Waals surface area contributed by atoms with E-state index in [0.717, 1.165) is 11.1 Å². The van der Waals surface area contributed by atoms with Gasteiger partial charge in [-0.15, -0.1) is 0 Å². The van der Waals surface area contributed by atoms with Crippen LogP contribution in [0.4, 0.5) is 0 Å². The van der Waals surface area contributed by atoms with Crippen LogP contribution >= 0.6 is 11.8 Å². The van der Waals surface area contributed by atoms with E-state index in [-0.39, 0.29) is 5.91 Å². The monoisotopic (exact) mass is 311 g/mol. The molecule has 0 fully saturated rings. The van der Waals surface area contributed by atoms with Crippen LogP contribution in [0.2, 0.25) is 0 Å². The number of carbonyl (C=O) groups is 1. The van der Waals surface area contributed by atoms with E-state index < -0.39 is 0 Å². The van der Waals surface area contributed by atoms with Crippen molar-refractivity contribution < 1.29 is 9.21 Å². The van der Waals surface area contributed by atoms with Crippen LogP contribution in [0, 0.1) is 0 Å². The maximum atomic E-state index is 11.8. The van der Waals surface area contributed by atoms with Crippen LogP contribution < -0.4 is 10.9 Å². The summed E-state index contributed by atoms with van der Waals surface area (Å²) < 4.78 is 5.55. The van der Waals surface area contributed by atoms with Gasteiger partial charge in [-0.3, -0.25) is 10.2 Å². The Bertz CT molecular complexity index is 766. The lowest BCUT2D eigenvalue weighted by molar-refractivity contribution is 0.0941. The first-order chi connectivity index (χ1) is 10.8. The first kappa shape index (κ1) is 14.2. The number of rotatable bonds is 5. The zero-order valence-electron chi connectivity index (χ0n) is 11.5. The summed E-state index contributed by atoms with van der Waals surface area (Å²) in [5, 5.41) is 2.30. The minimum Gasteiger partial charge on any atom is -0.431 e. The summed E-state index contributed by atoms with van der Waals surface area (Å²) >= 11 is 1.32. The summed E-state index contributed by atoms with van der Waals surface area (Å²) in [7, 11) is 0. The van der Waals surface area contributed by atoms with Crippen LogP contribution in [0.5, 0.6) is 0 Å². The van der Waals surface area contributed by atoms with Gasteiger partial charge < -0.3 is 9.84 Å². The van der Waals surface area contributed by atoms with Gasteiger partial charge >= 0.3 is 0 Å². The summed E-state index contributed by atoms with van der Waals surface area (Å²) in [6.45, 7) is 0. The topological polar surface area (TPSA) is 67.2 Å². The fraction of sp³-hybridized carbons (Fsp3) is 0. The number of benzene rings is 2. The fourth-order valence-corrected chi connectivity index (χ4v) is 2.34. The number of hydrogen-bond donors (Lipinski definition) is 2. The van der Waals surface area contributed by atoms with E-state index in [1.165, 1.54) is 11.8 Å². The van der Waals surface area contributed by atoms with Crippen molar-refractivity contribution in [2.75, 3.05) is 0 Å². The summed E-state index contributed by atoms with van der Waals surface area (Å²) in [5.74, 6) is -0.197. The van der Waals surface area contributed by atoms with Crippen molar-refractivity contribution >= 4 is 28.8 Å². The largest absolute Gasteiger partial charge is 0.431 e. The highest BCUT2D eigenvalue weighted by Crippen LogP contribution is 2.23. The number of amides is 1. The van der Waals surface area contributed by atoms with Crippen molar-refractivity contribution in [2.24, 2.45) is 0 Å². The molecule has 0 spiro atoms. The van der Waals surface area contributed by atoms with Crippen molar-refractivity contribution in [3.05, 3.63) is 71.8 Å². The number of fused-ring (bicyclic) bond motifs is 1. The minimum atomic E-state index is -0.197. The van der Waals surface area contributed by atoms with Crippen molar-refractivity contribution in [2.45, 2.75) is 5.22 Å². The van der Waals surface area contributed by atoms with Gasteiger partial charge in [0.25, 0.3) is 11.1 Å². The number of nitrogens with zero attached hydrogens (tertiary/aromatic N) is 1. The third-order valence-corrected chi connectivity index (χ3v) is 3.46. The molecule has 0 aliphatic rings. The standard InChI is InChI=1S/C16H13N3O2S/c20-15(12-6-2-1-3-7-12)19-17-10-11-22-16-18-13-8-4-5-9-14(13)21-16/h1-11,17H,(H,19,20)/b11-10+. The predicted octanol–water partition coefficient (Wildman–Crippen LogP) is 3.33. The molecular formula is C16H13N3O2S. The van der Waals surface area contributed by atoms with E-state index in [1.807, 2.05) is 42.5 Å². The molecule has 5 nitrogen and oxygen atoms in total. The van der Waals surface area contributed by atoms with Gasteiger partial charge in [-0.1, -0.05) is 30.3 Å². The summed E-state index contributed by atoms with van der Waals surface area (Å²) in [6.07, 6.45) is 1.61. The van der Waals surface area contributed by atoms with E-state index in [4.69, 9.17) is 4.42 Å². The van der Waals surface area contributed by atoms with Crippen LogP contribution in [0.15, 0.2) is 75.8 Å². The second-order valence-electron chi connectivity index (χ2n) is 4.33. The molecule has 6 heteroatoms. The van der Waals surface area contributed by atoms with Gasteiger partial charge in [0.2, 0.25) is 0 Å². The Balaban J connectivity index is 1.49. The average Bonchev–Trinajstić information content (AvgIpc) is 2.98. The first-order valence-electron chi connectivity index (χ1n) is 6.61. The molecule has 0 radical (unpaired) electrons. The molecule has 1 heterocycles. The van der Waals surface area contributed by atoms with Crippen molar-refractivity contribution in [1.82, 2.24) is 15.8 Å². The van der Waals surface area contributed by atoms with Gasteiger partial charge in [0, 0.05) is 11.8 Å². The summed E-state index contributed by atoms with van der Waals surface area (Å²) in [6, 6.07) is 16.6. The molecule has 22 heavy (non-hydrogen) atoms. The molecular weight excluding hydrogens is 298 g/mol. The van der Waals surface area contributed by atoms with E-state index >= 15 is 0 Å². The van der Waals surface area contributed by atoms with E-state index in [9.17, 15) is 4.79 Å². The molecule has 2 aromatic carbocycles. The van der Waals surface area contributed by atoms with Gasteiger partial charge in [0.05, 0.1) is 0 Å².